The van der Waals surface area contributed by atoms with Crippen LogP contribution in [0.15, 0.2) is 56.4 Å². The van der Waals surface area contributed by atoms with Crippen molar-refractivity contribution in [2.75, 3.05) is 33.1 Å². The third-order valence-electron chi connectivity index (χ3n) is 11.2. The van der Waals surface area contributed by atoms with Gasteiger partial charge in [0.25, 0.3) is 5.89 Å². The summed E-state index contributed by atoms with van der Waals surface area (Å²) < 4.78 is 77.1. The third kappa shape index (κ3) is 7.11. The summed E-state index contributed by atoms with van der Waals surface area (Å²) in [5, 5.41) is 19.1. The summed E-state index contributed by atoms with van der Waals surface area (Å²) in [5.74, 6) is 1.88. The molecule has 3 fully saturated rings. The van der Waals surface area contributed by atoms with Gasteiger partial charge in [0, 0.05) is 31.0 Å². The minimum Gasteiger partial charge on any atom is -0.485 e. The van der Waals surface area contributed by atoms with Crippen LogP contribution in [0.25, 0.3) is 11.5 Å². The summed E-state index contributed by atoms with van der Waals surface area (Å²) in [6.45, 7) is 11.6. The van der Waals surface area contributed by atoms with E-state index in [4.69, 9.17) is 37.5 Å². The third-order valence-corrected chi connectivity index (χ3v) is 13.1. The summed E-state index contributed by atoms with van der Waals surface area (Å²) >= 11 is 0. The topological polar surface area (TPSA) is 198 Å². The second-order valence-corrected chi connectivity index (χ2v) is 17.8. The van der Waals surface area contributed by atoms with Crippen molar-refractivity contribution in [2.45, 2.75) is 89.5 Å². The number of ether oxygens (including phenoxy) is 6. The van der Waals surface area contributed by atoms with Gasteiger partial charge in [0.15, 0.2) is 24.4 Å². The molecule has 4 aliphatic rings. The van der Waals surface area contributed by atoms with E-state index in [1.165, 1.54) is 21.3 Å². The molecule has 18 heteroatoms. The van der Waals surface area contributed by atoms with Crippen molar-refractivity contribution in [1.29, 1.82) is 0 Å². The molecule has 306 valence electrons. The molecule has 0 bridgehead atoms. The van der Waals surface area contributed by atoms with Crippen molar-refractivity contribution in [1.82, 2.24) is 24.5 Å². The molecule has 0 aliphatic carbocycles. The maximum absolute atomic E-state index is 14.6. The number of aromatic nitrogens is 3. The largest absolute Gasteiger partial charge is 0.485 e. The van der Waals surface area contributed by atoms with Crippen molar-refractivity contribution in [2.24, 2.45) is 17.8 Å². The zero-order valence-electron chi connectivity index (χ0n) is 32.7. The number of carbonyl (C=O) groups is 1. The maximum atomic E-state index is 14.6. The van der Waals surface area contributed by atoms with Crippen molar-refractivity contribution in [3.05, 3.63) is 65.3 Å². The smallest absolute Gasteiger partial charge is 0.410 e. The van der Waals surface area contributed by atoms with Gasteiger partial charge in [-0.15, -0.1) is 0 Å². The van der Waals surface area contributed by atoms with Gasteiger partial charge in [-0.3, -0.25) is 4.90 Å². The highest BCUT2D eigenvalue weighted by Crippen LogP contribution is 2.53. The average Bonchev–Trinajstić information content (AvgIpc) is 4.01. The van der Waals surface area contributed by atoms with E-state index >= 15 is 0 Å². The highest BCUT2D eigenvalue weighted by atomic mass is 32.2. The SMILES string of the molecule is Cc1noc(C)c1-c1nc(COc2ccc(C[C@]3([C@@H]4CO[C@H]5OCC[C@H]54)[C@@H](CN(CC(C)C)S(=O)(=O)c4ccc5c(c4)OCO5)OC(C)(C)N3C(=O)O)cc2)no1. The number of sulfonamides is 1. The van der Waals surface area contributed by atoms with Crippen molar-refractivity contribution in [3.8, 4) is 28.7 Å². The molecular weight excluding hydrogens is 763 g/mol. The summed E-state index contributed by atoms with van der Waals surface area (Å²) in [6, 6.07) is 11.9. The first kappa shape index (κ1) is 39.1. The lowest BCUT2D eigenvalue weighted by atomic mass is 9.69. The van der Waals surface area contributed by atoms with Gasteiger partial charge in [-0.25, -0.2) is 13.2 Å². The number of fused-ring (bicyclic) bond motifs is 2. The minimum absolute atomic E-state index is 0.000480. The lowest BCUT2D eigenvalue weighted by molar-refractivity contribution is -0.0907. The Hall–Kier alpha value is -4.75. The van der Waals surface area contributed by atoms with Gasteiger partial charge in [-0.1, -0.05) is 36.3 Å². The number of hydrogen-bond acceptors (Lipinski definition) is 14. The predicted octanol–water partition coefficient (Wildman–Crippen LogP) is 5.40. The molecule has 1 amide bonds. The molecule has 0 saturated carbocycles. The summed E-state index contributed by atoms with van der Waals surface area (Å²) in [5.41, 5.74) is -0.562. The van der Waals surface area contributed by atoms with E-state index in [-0.39, 0.29) is 62.1 Å². The number of nitrogens with zero attached hydrogens (tertiary/aromatic N) is 5. The van der Waals surface area contributed by atoms with E-state index in [0.717, 1.165) is 5.56 Å². The maximum Gasteiger partial charge on any atom is 0.410 e. The van der Waals surface area contributed by atoms with Crippen LogP contribution in [0.4, 0.5) is 4.79 Å². The molecule has 17 nitrogen and oxygen atoms in total. The zero-order chi connectivity index (χ0) is 40.3. The first-order chi connectivity index (χ1) is 27.2. The van der Waals surface area contributed by atoms with E-state index in [1.54, 1.807) is 45.9 Å². The number of amides is 1. The van der Waals surface area contributed by atoms with Gasteiger partial charge in [0.2, 0.25) is 22.6 Å². The number of aryl methyl sites for hydroxylation is 2. The minimum atomic E-state index is -4.14. The second kappa shape index (κ2) is 14.9. The molecule has 6 heterocycles. The molecule has 0 radical (unpaired) electrons. The Labute approximate surface area is 330 Å². The van der Waals surface area contributed by atoms with Crippen molar-refractivity contribution in [3.63, 3.8) is 0 Å². The standard InChI is InChI=1S/C39H47N5O12S/c1-22(2)17-43(57(47,48)27-11-12-30-31(15-27)53-21-52-30)18-32-39(44(37(45)46)38(5,6)54-32,29-19-51-36-28(29)13-14-49-36)16-25-7-9-26(10-8-25)50-20-33-40-35(56-42-33)34-23(3)41-55-24(34)4/h7-12,15,22,28-29,32,36H,13-14,16-21H2,1-6H3,(H,45,46)/t28-,29+,32+,36+,39-/m0/s1. The van der Waals surface area contributed by atoms with Crippen LogP contribution >= 0.6 is 0 Å². The Morgan fingerprint density at radius 2 is 1.82 bits per heavy atom. The lowest BCUT2D eigenvalue weighted by Gasteiger charge is -2.47. The van der Waals surface area contributed by atoms with E-state index in [0.29, 0.717) is 53.1 Å². The Morgan fingerprint density at radius 1 is 1.05 bits per heavy atom. The predicted molar refractivity (Wildman–Crippen MR) is 199 cm³/mol. The van der Waals surface area contributed by atoms with Gasteiger partial charge >= 0.3 is 6.09 Å². The van der Waals surface area contributed by atoms with Gasteiger partial charge < -0.3 is 42.6 Å². The van der Waals surface area contributed by atoms with Crippen LogP contribution < -0.4 is 14.2 Å². The van der Waals surface area contributed by atoms with E-state index in [1.807, 2.05) is 26.0 Å². The highest BCUT2D eigenvalue weighted by molar-refractivity contribution is 7.89. The molecule has 2 aromatic heterocycles. The van der Waals surface area contributed by atoms with Gasteiger partial charge in [-0.2, -0.15) is 9.29 Å². The summed E-state index contributed by atoms with van der Waals surface area (Å²) in [4.78, 5) is 19.4. The van der Waals surface area contributed by atoms with Gasteiger partial charge in [0.1, 0.15) is 22.8 Å². The summed E-state index contributed by atoms with van der Waals surface area (Å²) in [7, 11) is -4.14. The molecule has 8 rings (SSSR count). The van der Waals surface area contributed by atoms with Crippen LogP contribution in [0.1, 0.15) is 57.0 Å². The highest BCUT2D eigenvalue weighted by Gasteiger charge is 2.67. The Morgan fingerprint density at radius 3 is 2.54 bits per heavy atom. The summed E-state index contributed by atoms with van der Waals surface area (Å²) in [6.07, 6.45) is -1.76. The molecular formula is C39H47N5O12S. The first-order valence-corrected chi connectivity index (χ1v) is 20.4. The van der Waals surface area contributed by atoms with E-state index in [2.05, 4.69) is 15.3 Å². The molecule has 0 unspecified atom stereocenters. The molecule has 5 atom stereocenters. The zero-order valence-corrected chi connectivity index (χ0v) is 33.5. The van der Waals surface area contributed by atoms with Crippen molar-refractivity contribution < 1.29 is 55.8 Å². The number of rotatable bonds is 13. The Kier molecular flexibility index (Phi) is 10.2. The Balaban J connectivity index is 1.12. The monoisotopic (exact) mass is 809 g/mol. The molecule has 1 N–H and O–H groups in total. The quantitative estimate of drug-likeness (QED) is 0.180. The normalized spacial score (nSPS) is 25.2. The number of benzene rings is 2. The fourth-order valence-electron chi connectivity index (χ4n) is 8.89. The number of hydrogen-bond donors (Lipinski definition) is 1. The van der Waals surface area contributed by atoms with Crippen LogP contribution in [0, 0.1) is 31.6 Å². The molecule has 4 aliphatic heterocycles. The van der Waals surface area contributed by atoms with Crippen LogP contribution in [0.2, 0.25) is 0 Å². The fourth-order valence-corrected chi connectivity index (χ4v) is 10.5. The van der Waals surface area contributed by atoms with E-state index < -0.39 is 45.7 Å². The number of carboxylic acid groups (broad SMARTS) is 1. The molecule has 2 aromatic carbocycles. The second-order valence-electron chi connectivity index (χ2n) is 15.8. The van der Waals surface area contributed by atoms with Crippen LogP contribution in [-0.2, 0) is 37.3 Å². The Bertz CT molecular complexity index is 2200. The van der Waals surface area contributed by atoms with E-state index in [9.17, 15) is 18.3 Å². The van der Waals surface area contributed by atoms with Gasteiger partial charge in [-0.05, 0) is 76.3 Å². The van der Waals surface area contributed by atoms with Crippen LogP contribution in [0.5, 0.6) is 17.2 Å². The van der Waals surface area contributed by atoms with Gasteiger partial charge in [0.05, 0.1) is 35.4 Å². The molecule has 3 saturated heterocycles. The van der Waals surface area contributed by atoms with Crippen LogP contribution in [-0.4, -0.2) is 101 Å². The average molecular weight is 810 g/mol. The van der Waals surface area contributed by atoms with Crippen LogP contribution in [0.3, 0.4) is 0 Å². The lowest BCUT2D eigenvalue weighted by Crippen LogP contribution is -2.65. The fraction of sp³-hybridized carbons (Fsp3) is 0.538. The first-order valence-electron chi connectivity index (χ1n) is 19.0. The molecule has 0 spiro atoms. The molecule has 4 aromatic rings. The van der Waals surface area contributed by atoms with Crippen molar-refractivity contribution >= 4 is 16.1 Å². The molecule has 57 heavy (non-hydrogen) atoms.